The van der Waals surface area contributed by atoms with Crippen molar-refractivity contribution >= 4 is 18.4 Å². The minimum Gasteiger partial charge on any atom is -0.493 e. The molecule has 0 aliphatic heterocycles. The highest BCUT2D eigenvalue weighted by molar-refractivity contribution is 7.71. The van der Waals surface area contributed by atoms with Gasteiger partial charge < -0.3 is 4.74 Å². The predicted octanol–water partition coefficient (Wildman–Crippen LogP) is 4.09. The van der Waals surface area contributed by atoms with Crippen LogP contribution >= 0.6 is 12.2 Å². The zero-order valence-corrected chi connectivity index (χ0v) is 13.9. The Balaban J connectivity index is 2.03. The fraction of sp³-hybridized carbons (Fsp3) is 0.438. The lowest BCUT2D eigenvalue weighted by atomic mass is 10.2. The van der Waals surface area contributed by atoms with Crippen LogP contribution in [0.15, 0.2) is 29.4 Å². The van der Waals surface area contributed by atoms with Crippen molar-refractivity contribution in [3.63, 3.8) is 0 Å². The molecule has 22 heavy (non-hydrogen) atoms. The van der Waals surface area contributed by atoms with Gasteiger partial charge in [0.2, 0.25) is 4.77 Å². The van der Waals surface area contributed by atoms with Gasteiger partial charge in [0.15, 0.2) is 0 Å². The van der Waals surface area contributed by atoms with E-state index in [-0.39, 0.29) is 0 Å². The van der Waals surface area contributed by atoms with E-state index in [2.05, 4.69) is 22.2 Å². The molecule has 0 atom stereocenters. The number of aromatic nitrogens is 3. The molecule has 0 amide bonds. The average molecular weight is 318 g/mol. The number of ether oxygens (including phenoxy) is 1. The highest BCUT2D eigenvalue weighted by Gasteiger charge is 2.02. The van der Waals surface area contributed by atoms with Gasteiger partial charge in [0.1, 0.15) is 11.6 Å². The van der Waals surface area contributed by atoms with Crippen molar-refractivity contribution in [1.29, 1.82) is 0 Å². The molecule has 0 aliphatic carbocycles. The normalized spacial score (nSPS) is 11.2. The van der Waals surface area contributed by atoms with Crippen LogP contribution in [0.4, 0.5) is 0 Å². The van der Waals surface area contributed by atoms with Crippen molar-refractivity contribution in [1.82, 2.24) is 14.9 Å². The van der Waals surface area contributed by atoms with E-state index in [0.717, 1.165) is 30.2 Å². The van der Waals surface area contributed by atoms with E-state index in [1.165, 1.54) is 19.3 Å². The van der Waals surface area contributed by atoms with E-state index in [4.69, 9.17) is 17.0 Å². The number of benzene rings is 1. The molecule has 6 heteroatoms. The molecule has 2 rings (SSSR count). The molecule has 0 aliphatic rings. The van der Waals surface area contributed by atoms with Gasteiger partial charge in [0, 0.05) is 5.56 Å². The second kappa shape index (κ2) is 8.48. The van der Waals surface area contributed by atoms with E-state index in [1.54, 1.807) is 10.9 Å². The lowest BCUT2D eigenvalue weighted by Crippen LogP contribution is -2.01. The van der Waals surface area contributed by atoms with Crippen molar-refractivity contribution in [2.24, 2.45) is 5.10 Å². The maximum atomic E-state index is 5.86. The Kier molecular flexibility index (Phi) is 6.33. The van der Waals surface area contributed by atoms with Crippen LogP contribution in [-0.2, 0) is 0 Å². The molecular weight excluding hydrogens is 296 g/mol. The summed E-state index contributed by atoms with van der Waals surface area (Å²) in [7, 11) is 0. The maximum absolute atomic E-state index is 5.86. The van der Waals surface area contributed by atoms with Crippen molar-refractivity contribution in [3.05, 3.63) is 40.4 Å². The summed E-state index contributed by atoms with van der Waals surface area (Å²) in [6.45, 7) is 4.78. The van der Waals surface area contributed by atoms with Crippen LogP contribution in [-0.4, -0.2) is 27.7 Å². The third-order valence-electron chi connectivity index (χ3n) is 3.30. The molecule has 118 valence electrons. The van der Waals surface area contributed by atoms with Gasteiger partial charge in [-0.25, -0.2) is 0 Å². The lowest BCUT2D eigenvalue weighted by molar-refractivity contribution is 0.304. The number of unbranched alkanes of at least 4 members (excludes halogenated alkanes) is 3. The summed E-state index contributed by atoms with van der Waals surface area (Å²) >= 11 is 5.13. The summed E-state index contributed by atoms with van der Waals surface area (Å²) in [5, 5.41) is 11.1. The highest BCUT2D eigenvalue weighted by atomic mass is 32.1. The van der Waals surface area contributed by atoms with E-state index in [0.29, 0.717) is 4.77 Å². The second-order valence-electron chi connectivity index (χ2n) is 5.08. The highest BCUT2D eigenvalue weighted by Crippen LogP contribution is 2.16. The Labute approximate surface area is 136 Å². The maximum Gasteiger partial charge on any atom is 0.216 e. The molecule has 0 saturated heterocycles. The number of hydrogen-bond acceptors (Lipinski definition) is 4. The van der Waals surface area contributed by atoms with Gasteiger partial charge in [-0.1, -0.05) is 38.3 Å². The molecule has 1 aromatic heterocycles. The molecule has 1 aromatic carbocycles. The summed E-state index contributed by atoms with van der Waals surface area (Å²) in [6.07, 6.45) is 6.51. The Hall–Kier alpha value is -1.95. The van der Waals surface area contributed by atoms with Gasteiger partial charge in [-0.15, -0.1) is 0 Å². The SMILES string of the molecule is CCCCCCOc1ccccc1/C=N/n1c(C)n[nH]c1=S. The Morgan fingerprint density at radius 1 is 1.32 bits per heavy atom. The van der Waals surface area contributed by atoms with Crippen molar-refractivity contribution in [3.8, 4) is 5.75 Å². The molecular formula is C16H22N4OS. The zero-order chi connectivity index (χ0) is 15.8. The van der Waals surface area contributed by atoms with Gasteiger partial charge in [-0.05, 0) is 37.7 Å². The van der Waals surface area contributed by atoms with E-state index >= 15 is 0 Å². The molecule has 0 radical (unpaired) electrons. The minimum atomic E-state index is 0.478. The average Bonchev–Trinajstić information content (AvgIpc) is 2.85. The third-order valence-corrected chi connectivity index (χ3v) is 3.56. The molecule has 2 aromatic rings. The number of nitrogens with one attached hydrogen (secondary N) is 1. The monoisotopic (exact) mass is 318 g/mol. The quantitative estimate of drug-likeness (QED) is 0.453. The zero-order valence-electron chi connectivity index (χ0n) is 13.1. The summed E-state index contributed by atoms with van der Waals surface area (Å²) in [5.41, 5.74) is 0.931. The first-order chi connectivity index (χ1) is 10.7. The molecule has 0 fully saturated rings. The predicted molar refractivity (Wildman–Crippen MR) is 91.2 cm³/mol. The van der Waals surface area contributed by atoms with Crippen molar-refractivity contribution < 1.29 is 4.74 Å². The number of nitrogens with zero attached hydrogens (tertiary/aromatic N) is 3. The molecule has 1 N–H and O–H groups in total. The molecule has 0 unspecified atom stereocenters. The van der Waals surface area contributed by atoms with Crippen LogP contribution in [0.3, 0.4) is 0 Å². The van der Waals surface area contributed by atoms with Crippen LogP contribution < -0.4 is 4.74 Å². The van der Waals surface area contributed by atoms with Gasteiger partial charge in [0.05, 0.1) is 12.8 Å². The molecule has 0 saturated carbocycles. The number of para-hydroxylation sites is 1. The Morgan fingerprint density at radius 3 is 2.86 bits per heavy atom. The standard InChI is InChI=1S/C16H22N4OS/c1-3-4-5-8-11-21-15-10-7-6-9-14(15)12-17-20-13(2)18-19-16(20)22/h6-7,9-10,12H,3-5,8,11H2,1-2H3,(H,19,22)/b17-12+. The van der Waals surface area contributed by atoms with Crippen LogP contribution in [0.25, 0.3) is 0 Å². The molecule has 0 bridgehead atoms. The van der Waals surface area contributed by atoms with Crippen molar-refractivity contribution in [2.45, 2.75) is 39.5 Å². The number of aromatic amines is 1. The summed E-state index contributed by atoms with van der Waals surface area (Å²) < 4.78 is 7.93. The van der Waals surface area contributed by atoms with Gasteiger partial charge in [-0.2, -0.15) is 14.9 Å². The van der Waals surface area contributed by atoms with Gasteiger partial charge in [-0.3, -0.25) is 5.10 Å². The smallest absolute Gasteiger partial charge is 0.216 e. The third kappa shape index (κ3) is 4.53. The minimum absolute atomic E-state index is 0.478. The first-order valence-corrected chi connectivity index (χ1v) is 8.03. The summed E-state index contributed by atoms with van der Waals surface area (Å²) in [6, 6.07) is 7.87. The fourth-order valence-electron chi connectivity index (χ4n) is 2.06. The Morgan fingerprint density at radius 2 is 2.14 bits per heavy atom. The lowest BCUT2D eigenvalue weighted by Gasteiger charge is -2.08. The van der Waals surface area contributed by atoms with E-state index < -0.39 is 0 Å². The molecule has 0 spiro atoms. The van der Waals surface area contributed by atoms with Crippen LogP contribution in [0.2, 0.25) is 0 Å². The van der Waals surface area contributed by atoms with E-state index in [1.807, 2.05) is 31.2 Å². The van der Waals surface area contributed by atoms with E-state index in [9.17, 15) is 0 Å². The summed E-state index contributed by atoms with van der Waals surface area (Å²) in [4.78, 5) is 0. The van der Waals surface area contributed by atoms with Crippen LogP contribution in [0.1, 0.15) is 44.0 Å². The molecule has 1 heterocycles. The van der Waals surface area contributed by atoms with Crippen molar-refractivity contribution in [2.75, 3.05) is 6.61 Å². The molecule has 5 nitrogen and oxygen atoms in total. The van der Waals surface area contributed by atoms with Gasteiger partial charge in [0.25, 0.3) is 0 Å². The number of aryl methyl sites for hydroxylation is 1. The van der Waals surface area contributed by atoms with Gasteiger partial charge >= 0.3 is 0 Å². The van der Waals surface area contributed by atoms with Crippen LogP contribution in [0.5, 0.6) is 5.75 Å². The second-order valence-corrected chi connectivity index (χ2v) is 5.47. The first kappa shape index (κ1) is 16.4. The number of rotatable bonds is 8. The number of hydrogen-bond donors (Lipinski definition) is 1. The van der Waals surface area contributed by atoms with Crippen LogP contribution in [0, 0.1) is 11.7 Å². The fourth-order valence-corrected chi connectivity index (χ4v) is 2.28. The first-order valence-electron chi connectivity index (χ1n) is 7.62. The number of H-pyrrole nitrogens is 1. The topological polar surface area (TPSA) is 55.2 Å². The largest absolute Gasteiger partial charge is 0.493 e. The Bertz CT molecular complexity index is 675. The summed E-state index contributed by atoms with van der Waals surface area (Å²) in [5.74, 6) is 1.56.